The molecule has 0 spiro atoms. The lowest BCUT2D eigenvalue weighted by Gasteiger charge is -2.30. The van der Waals surface area contributed by atoms with Crippen LogP contribution in [0.15, 0.2) is 30.3 Å². The predicted molar refractivity (Wildman–Crippen MR) is 86.4 cm³/mol. The molecule has 2 aromatic rings. The van der Waals surface area contributed by atoms with Crippen LogP contribution >= 0.6 is 0 Å². The van der Waals surface area contributed by atoms with Crippen LogP contribution in [0.3, 0.4) is 0 Å². The number of halogens is 1. The Bertz CT molecular complexity index is 734. The molecule has 23 heavy (non-hydrogen) atoms. The summed E-state index contributed by atoms with van der Waals surface area (Å²) in [6.07, 6.45) is 1.33. The minimum atomic E-state index is -0.293. The van der Waals surface area contributed by atoms with E-state index in [1.165, 1.54) is 12.1 Å². The van der Waals surface area contributed by atoms with Crippen LogP contribution in [0.1, 0.15) is 18.4 Å². The second-order valence-corrected chi connectivity index (χ2v) is 5.93. The van der Waals surface area contributed by atoms with Crippen molar-refractivity contribution in [3.63, 3.8) is 0 Å². The van der Waals surface area contributed by atoms with Gasteiger partial charge in [-0.3, -0.25) is 4.79 Å². The highest BCUT2D eigenvalue weighted by Crippen LogP contribution is 2.22. The van der Waals surface area contributed by atoms with Gasteiger partial charge in [0.15, 0.2) is 5.82 Å². The zero-order chi connectivity index (χ0) is 16.4. The lowest BCUT2D eigenvalue weighted by Crippen LogP contribution is -2.43. The van der Waals surface area contributed by atoms with Crippen LogP contribution in [-0.4, -0.2) is 40.6 Å². The van der Waals surface area contributed by atoms with Crippen LogP contribution in [0.25, 0.3) is 11.3 Å². The molecular formula is C17H19FN4O. The molecule has 120 valence electrons. The second-order valence-electron chi connectivity index (χ2n) is 5.93. The van der Waals surface area contributed by atoms with Gasteiger partial charge < -0.3 is 10.2 Å². The van der Waals surface area contributed by atoms with Crippen molar-refractivity contribution in [1.29, 1.82) is 0 Å². The highest BCUT2D eigenvalue weighted by Gasteiger charge is 2.23. The number of piperidine rings is 1. The fraction of sp³-hybridized carbons (Fsp3) is 0.353. The number of likely N-dealkylation sites (tertiary alicyclic amines) is 1. The molecule has 3 rings (SSSR count). The van der Waals surface area contributed by atoms with Gasteiger partial charge in [0, 0.05) is 31.6 Å². The third-order valence-electron chi connectivity index (χ3n) is 4.07. The topological polar surface area (TPSA) is 58.1 Å². The van der Waals surface area contributed by atoms with E-state index in [-0.39, 0.29) is 17.8 Å². The van der Waals surface area contributed by atoms with E-state index in [0.29, 0.717) is 30.0 Å². The molecule has 2 heterocycles. The van der Waals surface area contributed by atoms with E-state index in [0.717, 1.165) is 12.0 Å². The number of nitrogens with one attached hydrogen (secondary N) is 1. The first kappa shape index (κ1) is 15.4. The zero-order valence-corrected chi connectivity index (χ0v) is 13.2. The number of nitrogens with zero attached hydrogens (tertiary/aromatic N) is 3. The molecule has 5 nitrogen and oxygen atoms in total. The standard InChI is InChI=1S/C17H19FN4O/c1-11-8-15(12-4-3-5-13(18)9-12)20-21-17(11)19-14-6-7-16(23)22(2)10-14/h3-5,8-9,14H,6-7,10H2,1-2H3,(H,19,21). The fourth-order valence-electron chi connectivity index (χ4n) is 2.74. The van der Waals surface area contributed by atoms with E-state index < -0.39 is 0 Å². The van der Waals surface area contributed by atoms with E-state index in [2.05, 4.69) is 15.5 Å². The van der Waals surface area contributed by atoms with Crippen LogP contribution in [0.4, 0.5) is 10.2 Å². The maximum Gasteiger partial charge on any atom is 0.222 e. The van der Waals surface area contributed by atoms with Gasteiger partial charge in [0.2, 0.25) is 5.91 Å². The number of anilines is 1. The van der Waals surface area contributed by atoms with Gasteiger partial charge in [-0.2, -0.15) is 0 Å². The first-order valence-electron chi connectivity index (χ1n) is 7.63. The van der Waals surface area contributed by atoms with Crippen molar-refractivity contribution in [1.82, 2.24) is 15.1 Å². The SMILES string of the molecule is Cc1cc(-c2cccc(F)c2)nnc1NC1CCC(=O)N(C)C1. The van der Waals surface area contributed by atoms with Crippen molar-refractivity contribution in [2.24, 2.45) is 0 Å². The molecule has 1 fully saturated rings. The molecule has 1 aromatic carbocycles. The quantitative estimate of drug-likeness (QED) is 0.946. The Labute approximate surface area is 134 Å². The number of hydrogen-bond donors (Lipinski definition) is 1. The summed E-state index contributed by atoms with van der Waals surface area (Å²) in [5.41, 5.74) is 2.29. The van der Waals surface area contributed by atoms with Crippen molar-refractivity contribution in [2.45, 2.75) is 25.8 Å². The number of rotatable bonds is 3. The van der Waals surface area contributed by atoms with Gasteiger partial charge >= 0.3 is 0 Å². The van der Waals surface area contributed by atoms with Crippen molar-refractivity contribution in [2.75, 3.05) is 18.9 Å². The third kappa shape index (κ3) is 3.47. The molecule has 0 aliphatic carbocycles. The minimum absolute atomic E-state index is 0.172. The summed E-state index contributed by atoms with van der Waals surface area (Å²) in [4.78, 5) is 13.3. The molecule has 6 heteroatoms. The zero-order valence-electron chi connectivity index (χ0n) is 13.2. The van der Waals surface area contributed by atoms with E-state index in [9.17, 15) is 9.18 Å². The Morgan fingerprint density at radius 3 is 2.83 bits per heavy atom. The molecule has 1 aromatic heterocycles. The smallest absolute Gasteiger partial charge is 0.222 e. The molecule has 0 saturated carbocycles. The van der Waals surface area contributed by atoms with Crippen LogP contribution < -0.4 is 5.32 Å². The minimum Gasteiger partial charge on any atom is -0.364 e. The van der Waals surface area contributed by atoms with Gasteiger partial charge in [-0.05, 0) is 37.1 Å². The lowest BCUT2D eigenvalue weighted by atomic mass is 10.1. The Morgan fingerprint density at radius 2 is 2.13 bits per heavy atom. The van der Waals surface area contributed by atoms with E-state index >= 15 is 0 Å². The molecule has 0 radical (unpaired) electrons. The number of benzene rings is 1. The third-order valence-corrected chi connectivity index (χ3v) is 4.07. The Kier molecular flexibility index (Phi) is 4.23. The van der Waals surface area contributed by atoms with E-state index in [4.69, 9.17) is 0 Å². The van der Waals surface area contributed by atoms with Gasteiger partial charge in [0.05, 0.1) is 5.69 Å². The molecular weight excluding hydrogens is 295 g/mol. The highest BCUT2D eigenvalue weighted by molar-refractivity contribution is 5.77. The summed E-state index contributed by atoms with van der Waals surface area (Å²) in [5.74, 6) is 0.587. The number of aryl methyl sites for hydroxylation is 1. The first-order chi connectivity index (χ1) is 11.0. The number of aromatic nitrogens is 2. The fourth-order valence-corrected chi connectivity index (χ4v) is 2.74. The molecule has 1 aliphatic rings. The lowest BCUT2D eigenvalue weighted by molar-refractivity contribution is -0.132. The van der Waals surface area contributed by atoms with Crippen LogP contribution in [0, 0.1) is 12.7 Å². The molecule has 1 atom stereocenters. The first-order valence-corrected chi connectivity index (χ1v) is 7.63. The maximum absolute atomic E-state index is 13.3. The molecule has 1 saturated heterocycles. The van der Waals surface area contributed by atoms with E-state index in [1.807, 2.05) is 20.0 Å². The molecule has 0 bridgehead atoms. The van der Waals surface area contributed by atoms with Crippen molar-refractivity contribution < 1.29 is 9.18 Å². The van der Waals surface area contributed by atoms with Crippen LogP contribution in [0.5, 0.6) is 0 Å². The largest absolute Gasteiger partial charge is 0.364 e. The Hall–Kier alpha value is -2.50. The van der Waals surface area contributed by atoms with Crippen molar-refractivity contribution >= 4 is 11.7 Å². The summed E-state index contributed by atoms with van der Waals surface area (Å²) in [7, 11) is 1.81. The average Bonchev–Trinajstić information content (AvgIpc) is 2.53. The summed E-state index contributed by atoms with van der Waals surface area (Å²) in [5, 5.41) is 11.8. The van der Waals surface area contributed by atoms with Crippen LogP contribution in [-0.2, 0) is 4.79 Å². The van der Waals surface area contributed by atoms with Gasteiger partial charge in [-0.15, -0.1) is 10.2 Å². The van der Waals surface area contributed by atoms with Gasteiger partial charge in [-0.1, -0.05) is 12.1 Å². The monoisotopic (exact) mass is 314 g/mol. The number of carbonyl (C=O) groups is 1. The summed E-state index contributed by atoms with van der Waals surface area (Å²) in [6, 6.07) is 8.37. The predicted octanol–water partition coefficient (Wildman–Crippen LogP) is 2.62. The summed E-state index contributed by atoms with van der Waals surface area (Å²) in [6.45, 7) is 2.60. The van der Waals surface area contributed by atoms with Gasteiger partial charge in [0.1, 0.15) is 5.82 Å². The highest BCUT2D eigenvalue weighted by atomic mass is 19.1. The molecule has 1 unspecified atom stereocenters. The molecule has 1 N–H and O–H groups in total. The van der Waals surface area contributed by atoms with Crippen LogP contribution in [0.2, 0.25) is 0 Å². The summed E-state index contributed by atoms with van der Waals surface area (Å²) < 4.78 is 13.3. The average molecular weight is 314 g/mol. The maximum atomic E-state index is 13.3. The number of hydrogen-bond acceptors (Lipinski definition) is 4. The van der Waals surface area contributed by atoms with Gasteiger partial charge in [0.25, 0.3) is 0 Å². The van der Waals surface area contributed by atoms with E-state index in [1.54, 1.807) is 17.0 Å². The Morgan fingerprint density at radius 1 is 1.30 bits per heavy atom. The number of likely N-dealkylation sites (N-methyl/N-ethyl adjacent to an activating group) is 1. The second kappa shape index (κ2) is 6.32. The normalized spacial score (nSPS) is 18.1. The molecule has 1 amide bonds. The molecule has 1 aliphatic heterocycles. The van der Waals surface area contributed by atoms with Gasteiger partial charge in [-0.25, -0.2) is 4.39 Å². The van der Waals surface area contributed by atoms with Crippen molar-refractivity contribution in [3.05, 3.63) is 41.7 Å². The van der Waals surface area contributed by atoms with Crippen molar-refractivity contribution in [3.8, 4) is 11.3 Å². The Balaban J connectivity index is 1.76. The summed E-state index contributed by atoms with van der Waals surface area (Å²) >= 11 is 0. The number of carbonyl (C=O) groups excluding carboxylic acids is 1. The number of amides is 1.